The summed E-state index contributed by atoms with van der Waals surface area (Å²) in [6.45, 7) is 0. The third-order valence-electron chi connectivity index (χ3n) is 0.678. The lowest BCUT2D eigenvalue weighted by Crippen LogP contribution is -1.64. The van der Waals surface area contributed by atoms with Crippen LogP contribution in [-0.4, -0.2) is 17.4 Å². The lowest BCUT2D eigenvalue weighted by molar-refractivity contribution is 0.628. The molecule has 0 N–H and O–H groups in total. The summed E-state index contributed by atoms with van der Waals surface area (Å²) in [5.41, 5.74) is 0. The Balaban J connectivity index is 0.000000490. The SMILES string of the molecule is Fc1cc[c]cc1.[AlH3]. The monoisotopic (exact) mass is 125 g/mol. The summed E-state index contributed by atoms with van der Waals surface area (Å²) in [5.74, 6) is -0.209. The van der Waals surface area contributed by atoms with Gasteiger partial charge in [0.1, 0.15) is 5.82 Å². The highest BCUT2D eigenvalue weighted by Crippen LogP contribution is 1.91. The molecule has 1 radical (unpaired) electrons. The van der Waals surface area contributed by atoms with E-state index >= 15 is 0 Å². The van der Waals surface area contributed by atoms with Crippen LogP contribution in [0, 0.1) is 11.9 Å². The second-order valence-electron chi connectivity index (χ2n) is 1.22. The Morgan fingerprint density at radius 3 is 2.00 bits per heavy atom. The lowest BCUT2D eigenvalue weighted by atomic mass is 10.4. The second-order valence-corrected chi connectivity index (χ2v) is 1.22. The Kier molecular flexibility index (Phi) is 3.51. The summed E-state index contributed by atoms with van der Waals surface area (Å²) < 4.78 is 11.9. The zero-order chi connectivity index (χ0) is 5.11. The normalized spacial score (nSPS) is 7.62. The minimum atomic E-state index is -0.209. The van der Waals surface area contributed by atoms with Crippen LogP contribution >= 0.6 is 0 Å². The van der Waals surface area contributed by atoms with Crippen LogP contribution in [0.25, 0.3) is 0 Å². The summed E-state index contributed by atoms with van der Waals surface area (Å²) >= 11 is 0. The summed E-state index contributed by atoms with van der Waals surface area (Å²) in [6.07, 6.45) is 0. The van der Waals surface area contributed by atoms with Crippen molar-refractivity contribution in [2.45, 2.75) is 0 Å². The van der Waals surface area contributed by atoms with Crippen LogP contribution in [0.5, 0.6) is 0 Å². The first-order chi connectivity index (χ1) is 3.39. The molecule has 8 heavy (non-hydrogen) atoms. The van der Waals surface area contributed by atoms with Gasteiger partial charge in [-0.05, 0) is 18.2 Å². The topological polar surface area (TPSA) is 0 Å². The van der Waals surface area contributed by atoms with Gasteiger partial charge in [0.05, 0.1) is 0 Å². The van der Waals surface area contributed by atoms with E-state index in [0.717, 1.165) is 0 Å². The van der Waals surface area contributed by atoms with Gasteiger partial charge >= 0.3 is 0 Å². The molecule has 0 aliphatic carbocycles. The van der Waals surface area contributed by atoms with E-state index in [9.17, 15) is 4.39 Å². The standard InChI is InChI=1S/C6H4F.Al.3H/c7-6-4-2-1-3-5-6;;;;/h2-5H;;;;. The number of halogens is 1. The van der Waals surface area contributed by atoms with Crippen molar-refractivity contribution in [3.8, 4) is 0 Å². The quantitative estimate of drug-likeness (QED) is 0.441. The van der Waals surface area contributed by atoms with Gasteiger partial charge in [-0.15, -0.1) is 0 Å². The van der Waals surface area contributed by atoms with Crippen LogP contribution < -0.4 is 0 Å². The molecule has 0 saturated carbocycles. The van der Waals surface area contributed by atoms with Gasteiger partial charge < -0.3 is 0 Å². The maximum absolute atomic E-state index is 11.9. The summed E-state index contributed by atoms with van der Waals surface area (Å²) in [6, 6.07) is 8.49. The molecule has 0 fully saturated rings. The Hall–Kier alpha value is -0.318. The first-order valence-electron chi connectivity index (χ1n) is 2.01. The second kappa shape index (κ2) is 3.66. The molecule has 0 aliphatic heterocycles. The number of hydrogen-bond acceptors (Lipinski definition) is 0. The molecule has 2 heteroatoms. The van der Waals surface area contributed by atoms with Crippen molar-refractivity contribution in [1.82, 2.24) is 0 Å². The molecule has 0 heterocycles. The fourth-order valence-corrected chi connectivity index (χ4v) is 0.367. The highest BCUT2D eigenvalue weighted by Gasteiger charge is 1.77. The van der Waals surface area contributed by atoms with Crippen LogP contribution in [0.3, 0.4) is 0 Å². The molecule has 0 amide bonds. The van der Waals surface area contributed by atoms with E-state index in [1.54, 1.807) is 0 Å². The van der Waals surface area contributed by atoms with Gasteiger partial charge in [-0.25, -0.2) is 4.39 Å². The van der Waals surface area contributed by atoms with E-state index in [0.29, 0.717) is 0 Å². The Morgan fingerprint density at radius 1 is 1.25 bits per heavy atom. The van der Waals surface area contributed by atoms with Crippen LogP contribution in [0.15, 0.2) is 24.3 Å². The summed E-state index contributed by atoms with van der Waals surface area (Å²) in [5, 5.41) is 0. The first-order valence-corrected chi connectivity index (χ1v) is 2.01. The minimum Gasteiger partial charge on any atom is -0.207 e. The zero-order valence-electron chi connectivity index (χ0n) is 3.69. The maximum atomic E-state index is 11.9. The highest BCUT2D eigenvalue weighted by atomic mass is 27.0. The van der Waals surface area contributed by atoms with Crippen molar-refractivity contribution in [3.05, 3.63) is 36.1 Å². The van der Waals surface area contributed by atoms with E-state index in [4.69, 9.17) is 0 Å². The third-order valence-corrected chi connectivity index (χ3v) is 0.678. The molecule has 1 aromatic rings. The van der Waals surface area contributed by atoms with Crippen LogP contribution in [0.1, 0.15) is 0 Å². The molecular formula is C6H7AlF. The lowest BCUT2D eigenvalue weighted by Gasteiger charge is -1.77. The van der Waals surface area contributed by atoms with Gasteiger partial charge in [0.2, 0.25) is 0 Å². The molecule has 0 aliphatic rings. The van der Waals surface area contributed by atoms with Crippen LogP contribution in [-0.2, 0) is 0 Å². The predicted molar refractivity (Wildman–Crippen MR) is 35.2 cm³/mol. The Bertz CT molecular complexity index is 138. The van der Waals surface area contributed by atoms with Crippen molar-refractivity contribution in [1.29, 1.82) is 0 Å². The van der Waals surface area contributed by atoms with Crippen molar-refractivity contribution in [3.63, 3.8) is 0 Å². The van der Waals surface area contributed by atoms with Crippen molar-refractivity contribution >= 4 is 17.4 Å². The van der Waals surface area contributed by atoms with Gasteiger partial charge in [-0.3, -0.25) is 0 Å². The van der Waals surface area contributed by atoms with Crippen molar-refractivity contribution in [2.75, 3.05) is 0 Å². The smallest absolute Gasteiger partial charge is 0.187 e. The van der Waals surface area contributed by atoms with E-state index in [1.165, 1.54) is 24.3 Å². The van der Waals surface area contributed by atoms with Crippen molar-refractivity contribution < 1.29 is 4.39 Å². The molecule has 0 unspecified atom stereocenters. The fourth-order valence-electron chi connectivity index (χ4n) is 0.367. The predicted octanol–water partition coefficient (Wildman–Crippen LogP) is 0.442. The van der Waals surface area contributed by atoms with Crippen LogP contribution in [0.4, 0.5) is 4.39 Å². The molecule has 0 saturated heterocycles. The molecule has 0 atom stereocenters. The number of rotatable bonds is 0. The van der Waals surface area contributed by atoms with Crippen LogP contribution in [0.2, 0.25) is 0 Å². The molecule has 0 nitrogen and oxygen atoms in total. The molecule has 41 valence electrons. The first kappa shape index (κ1) is 7.68. The van der Waals surface area contributed by atoms with E-state index in [1.807, 2.05) is 0 Å². The largest absolute Gasteiger partial charge is 0.207 e. The van der Waals surface area contributed by atoms with Gasteiger partial charge in [0.25, 0.3) is 0 Å². The molecule has 0 aromatic heterocycles. The number of benzene rings is 1. The average molecular weight is 125 g/mol. The highest BCUT2D eigenvalue weighted by molar-refractivity contribution is 5.75. The van der Waals surface area contributed by atoms with E-state index in [2.05, 4.69) is 6.07 Å². The van der Waals surface area contributed by atoms with Gasteiger partial charge in [-0.1, -0.05) is 12.1 Å². The van der Waals surface area contributed by atoms with Gasteiger partial charge in [0.15, 0.2) is 17.4 Å². The van der Waals surface area contributed by atoms with Crippen molar-refractivity contribution in [2.24, 2.45) is 0 Å². The maximum Gasteiger partial charge on any atom is 0.187 e. The zero-order valence-corrected chi connectivity index (χ0v) is 3.69. The summed E-state index contributed by atoms with van der Waals surface area (Å²) in [7, 11) is 0. The summed E-state index contributed by atoms with van der Waals surface area (Å²) in [4.78, 5) is 0. The molecular weight excluding hydrogens is 118 g/mol. The number of hydrogen-bond donors (Lipinski definition) is 0. The third kappa shape index (κ3) is 2.11. The van der Waals surface area contributed by atoms with E-state index in [-0.39, 0.29) is 23.2 Å². The molecule has 0 spiro atoms. The Morgan fingerprint density at radius 2 is 1.75 bits per heavy atom. The fraction of sp³-hybridized carbons (Fsp3) is 0. The Labute approximate surface area is 58.5 Å². The van der Waals surface area contributed by atoms with Gasteiger partial charge in [-0.2, -0.15) is 0 Å². The molecule has 1 rings (SSSR count). The van der Waals surface area contributed by atoms with Gasteiger partial charge in [0, 0.05) is 0 Å². The average Bonchev–Trinajstić information content (AvgIpc) is 1.69. The van der Waals surface area contributed by atoms with E-state index < -0.39 is 0 Å². The minimum absolute atomic E-state index is 0. The molecule has 1 aromatic carbocycles. The molecule has 0 bridgehead atoms.